The number of allylic oxidation sites excluding steroid dienone is 1. The molecule has 1 aliphatic rings. The molecule has 0 amide bonds. The number of hydrogen-bond acceptors (Lipinski definition) is 5. The van der Waals surface area contributed by atoms with Crippen LogP contribution in [0.2, 0.25) is 0 Å². The summed E-state index contributed by atoms with van der Waals surface area (Å²) in [5, 5.41) is 0. The molecule has 0 atom stereocenters. The van der Waals surface area contributed by atoms with E-state index in [4.69, 9.17) is 9.47 Å². The SMILES string of the molecule is COc1ccc(S(=O)(=O)N2CCN(CC=C(C)C)CC2)cc1OC. The Morgan fingerprint density at radius 2 is 1.71 bits per heavy atom. The van der Waals surface area contributed by atoms with Crippen molar-refractivity contribution in [2.24, 2.45) is 0 Å². The molecule has 2 rings (SSSR count). The van der Waals surface area contributed by atoms with Gasteiger partial charge in [-0.3, -0.25) is 4.90 Å². The van der Waals surface area contributed by atoms with E-state index in [2.05, 4.69) is 24.8 Å². The normalized spacial score (nSPS) is 16.7. The lowest BCUT2D eigenvalue weighted by Gasteiger charge is -2.33. The first-order valence-corrected chi connectivity index (χ1v) is 9.40. The number of nitrogens with zero attached hydrogens (tertiary/aromatic N) is 2. The Hall–Kier alpha value is -1.57. The molecule has 1 aromatic rings. The zero-order chi connectivity index (χ0) is 17.7. The third kappa shape index (κ3) is 4.28. The van der Waals surface area contributed by atoms with Crippen LogP contribution in [0, 0.1) is 0 Å². The molecule has 134 valence electrons. The summed E-state index contributed by atoms with van der Waals surface area (Å²) >= 11 is 0. The molecule has 0 bridgehead atoms. The average molecular weight is 354 g/mol. The van der Waals surface area contributed by atoms with Crippen molar-refractivity contribution in [2.75, 3.05) is 46.9 Å². The number of sulfonamides is 1. The smallest absolute Gasteiger partial charge is 0.243 e. The van der Waals surface area contributed by atoms with Crippen LogP contribution in [0.5, 0.6) is 11.5 Å². The fourth-order valence-corrected chi connectivity index (χ4v) is 4.03. The lowest BCUT2D eigenvalue weighted by atomic mass is 10.3. The highest BCUT2D eigenvalue weighted by Gasteiger charge is 2.28. The van der Waals surface area contributed by atoms with Gasteiger partial charge < -0.3 is 9.47 Å². The van der Waals surface area contributed by atoms with E-state index >= 15 is 0 Å². The molecule has 24 heavy (non-hydrogen) atoms. The van der Waals surface area contributed by atoms with E-state index in [1.165, 1.54) is 30.2 Å². The first-order chi connectivity index (χ1) is 11.4. The topological polar surface area (TPSA) is 59.1 Å². The number of rotatable bonds is 6. The van der Waals surface area contributed by atoms with E-state index in [0.29, 0.717) is 24.6 Å². The van der Waals surface area contributed by atoms with Crippen LogP contribution in [0.25, 0.3) is 0 Å². The summed E-state index contributed by atoms with van der Waals surface area (Å²) in [6.45, 7) is 7.45. The van der Waals surface area contributed by atoms with E-state index in [9.17, 15) is 8.42 Å². The van der Waals surface area contributed by atoms with Crippen molar-refractivity contribution >= 4 is 10.0 Å². The summed E-state index contributed by atoms with van der Waals surface area (Å²) in [6, 6.07) is 4.70. The van der Waals surface area contributed by atoms with Crippen molar-refractivity contribution in [1.82, 2.24) is 9.21 Å². The van der Waals surface area contributed by atoms with E-state index in [-0.39, 0.29) is 4.90 Å². The lowest BCUT2D eigenvalue weighted by molar-refractivity contribution is 0.204. The minimum absolute atomic E-state index is 0.234. The summed E-state index contributed by atoms with van der Waals surface area (Å²) in [7, 11) is -0.497. The van der Waals surface area contributed by atoms with Gasteiger partial charge in [0.1, 0.15) is 0 Å². The molecule has 0 radical (unpaired) electrons. The number of ether oxygens (including phenoxy) is 2. The fourth-order valence-electron chi connectivity index (χ4n) is 2.59. The van der Waals surface area contributed by atoms with Gasteiger partial charge in [-0.15, -0.1) is 0 Å². The molecule has 1 aromatic carbocycles. The van der Waals surface area contributed by atoms with E-state index in [0.717, 1.165) is 19.6 Å². The largest absolute Gasteiger partial charge is 0.493 e. The third-order valence-electron chi connectivity index (χ3n) is 4.08. The highest BCUT2D eigenvalue weighted by molar-refractivity contribution is 7.89. The molecule has 0 N–H and O–H groups in total. The molecule has 0 spiro atoms. The quantitative estimate of drug-likeness (QED) is 0.731. The standard InChI is InChI=1S/C17H26N2O4S/c1-14(2)7-8-18-9-11-19(12-10-18)24(20,21)15-5-6-16(22-3)17(13-15)23-4/h5-7,13H,8-12H2,1-4H3. The highest BCUT2D eigenvalue weighted by Crippen LogP contribution is 2.30. The van der Waals surface area contributed by atoms with Gasteiger partial charge >= 0.3 is 0 Å². The monoisotopic (exact) mass is 354 g/mol. The number of methoxy groups -OCH3 is 2. The summed E-state index contributed by atoms with van der Waals surface area (Å²) in [4.78, 5) is 2.49. The van der Waals surface area contributed by atoms with Gasteiger partial charge in [-0.05, 0) is 26.0 Å². The average Bonchev–Trinajstić information content (AvgIpc) is 2.59. The Morgan fingerprint density at radius 1 is 1.08 bits per heavy atom. The first kappa shape index (κ1) is 18.8. The van der Waals surface area contributed by atoms with Gasteiger partial charge in [0.15, 0.2) is 11.5 Å². The van der Waals surface area contributed by atoms with Crippen molar-refractivity contribution in [3.05, 3.63) is 29.8 Å². The second kappa shape index (κ2) is 8.00. The molecule has 1 fully saturated rings. The number of benzene rings is 1. The van der Waals surface area contributed by atoms with Gasteiger partial charge in [0.2, 0.25) is 10.0 Å². The molecular formula is C17H26N2O4S. The molecular weight excluding hydrogens is 328 g/mol. The molecule has 0 aromatic heterocycles. The van der Waals surface area contributed by atoms with Crippen molar-refractivity contribution < 1.29 is 17.9 Å². The summed E-state index contributed by atoms with van der Waals surface area (Å²) in [5.41, 5.74) is 1.27. The minimum atomic E-state index is -3.52. The molecule has 0 aliphatic carbocycles. The molecule has 0 saturated carbocycles. The molecule has 1 aliphatic heterocycles. The van der Waals surface area contributed by atoms with Gasteiger partial charge in [0, 0.05) is 38.8 Å². The Kier molecular flexibility index (Phi) is 6.26. The van der Waals surface area contributed by atoms with Gasteiger partial charge in [-0.2, -0.15) is 4.31 Å². The highest BCUT2D eigenvalue weighted by atomic mass is 32.2. The fraction of sp³-hybridized carbons (Fsp3) is 0.529. The molecule has 1 saturated heterocycles. The van der Waals surface area contributed by atoms with Gasteiger partial charge in [0.05, 0.1) is 19.1 Å². The van der Waals surface area contributed by atoms with Crippen LogP contribution >= 0.6 is 0 Å². The van der Waals surface area contributed by atoms with Crippen LogP contribution in [-0.2, 0) is 10.0 Å². The Balaban J connectivity index is 2.10. The predicted octanol–water partition coefficient (Wildman–Crippen LogP) is 1.98. The summed E-state index contributed by atoms with van der Waals surface area (Å²) < 4.78 is 37.6. The molecule has 1 heterocycles. The predicted molar refractivity (Wildman–Crippen MR) is 94.2 cm³/mol. The van der Waals surface area contributed by atoms with Crippen molar-refractivity contribution in [2.45, 2.75) is 18.7 Å². The zero-order valence-corrected chi connectivity index (χ0v) is 15.6. The van der Waals surface area contributed by atoms with Crippen LogP contribution in [0.3, 0.4) is 0 Å². The molecule has 0 unspecified atom stereocenters. The van der Waals surface area contributed by atoms with Crippen molar-refractivity contribution in [3.63, 3.8) is 0 Å². The number of piperazine rings is 1. The Bertz CT molecular complexity index is 689. The van der Waals surface area contributed by atoms with E-state index < -0.39 is 10.0 Å². The van der Waals surface area contributed by atoms with Crippen LogP contribution in [0.4, 0.5) is 0 Å². The van der Waals surface area contributed by atoms with Crippen molar-refractivity contribution in [3.8, 4) is 11.5 Å². The van der Waals surface area contributed by atoms with Gasteiger partial charge in [-0.25, -0.2) is 8.42 Å². The van der Waals surface area contributed by atoms with Crippen LogP contribution in [0.1, 0.15) is 13.8 Å². The summed E-state index contributed by atoms with van der Waals surface area (Å²) in [5.74, 6) is 0.934. The maximum atomic E-state index is 12.8. The maximum Gasteiger partial charge on any atom is 0.243 e. The minimum Gasteiger partial charge on any atom is -0.493 e. The first-order valence-electron chi connectivity index (χ1n) is 7.96. The van der Waals surface area contributed by atoms with Crippen LogP contribution in [0.15, 0.2) is 34.7 Å². The Morgan fingerprint density at radius 3 is 2.25 bits per heavy atom. The van der Waals surface area contributed by atoms with Gasteiger partial charge in [-0.1, -0.05) is 11.6 Å². The number of hydrogen-bond donors (Lipinski definition) is 0. The lowest BCUT2D eigenvalue weighted by Crippen LogP contribution is -2.48. The van der Waals surface area contributed by atoms with Crippen LogP contribution < -0.4 is 9.47 Å². The molecule has 7 heteroatoms. The van der Waals surface area contributed by atoms with Crippen LogP contribution in [-0.4, -0.2) is 64.6 Å². The summed E-state index contributed by atoms with van der Waals surface area (Å²) in [6.07, 6.45) is 2.17. The Labute approximate surface area is 144 Å². The van der Waals surface area contributed by atoms with E-state index in [1.807, 2.05) is 0 Å². The van der Waals surface area contributed by atoms with Crippen molar-refractivity contribution in [1.29, 1.82) is 0 Å². The second-order valence-electron chi connectivity index (χ2n) is 6.00. The van der Waals surface area contributed by atoms with E-state index in [1.54, 1.807) is 12.1 Å². The maximum absolute atomic E-state index is 12.8. The van der Waals surface area contributed by atoms with Gasteiger partial charge in [0.25, 0.3) is 0 Å². The second-order valence-corrected chi connectivity index (χ2v) is 7.94. The third-order valence-corrected chi connectivity index (χ3v) is 5.98. The zero-order valence-electron chi connectivity index (χ0n) is 14.8. The molecule has 6 nitrogen and oxygen atoms in total.